The molecule has 0 radical (unpaired) electrons. The zero-order valence-corrected chi connectivity index (χ0v) is 10.3. The minimum atomic E-state index is -0.217. The number of aryl methyl sites for hydroxylation is 2. The SMILES string of the molecule is Cc1cnc(NC(=O)c2ccc(N)cc2C)cn1. The van der Waals surface area contributed by atoms with Crippen LogP contribution in [-0.4, -0.2) is 15.9 Å². The molecule has 5 nitrogen and oxygen atoms in total. The van der Waals surface area contributed by atoms with Crippen molar-refractivity contribution in [3.63, 3.8) is 0 Å². The summed E-state index contributed by atoms with van der Waals surface area (Å²) in [6, 6.07) is 5.15. The van der Waals surface area contributed by atoms with E-state index in [1.54, 1.807) is 24.4 Å². The molecule has 1 aromatic heterocycles. The Hall–Kier alpha value is -2.43. The molecule has 5 heteroatoms. The summed E-state index contributed by atoms with van der Waals surface area (Å²) in [6.45, 7) is 3.68. The van der Waals surface area contributed by atoms with Crippen LogP contribution in [0.15, 0.2) is 30.6 Å². The van der Waals surface area contributed by atoms with Crippen molar-refractivity contribution in [2.75, 3.05) is 11.1 Å². The highest BCUT2D eigenvalue weighted by Gasteiger charge is 2.09. The first kappa shape index (κ1) is 12.0. The van der Waals surface area contributed by atoms with Gasteiger partial charge in [0.05, 0.1) is 18.1 Å². The number of aromatic nitrogens is 2. The predicted molar refractivity (Wildman–Crippen MR) is 70.3 cm³/mol. The molecule has 0 bridgehead atoms. The van der Waals surface area contributed by atoms with Gasteiger partial charge in [-0.2, -0.15) is 0 Å². The quantitative estimate of drug-likeness (QED) is 0.788. The van der Waals surface area contributed by atoms with Crippen LogP contribution in [0.2, 0.25) is 0 Å². The molecule has 92 valence electrons. The normalized spacial score (nSPS) is 10.1. The molecule has 1 amide bonds. The van der Waals surface area contributed by atoms with E-state index in [9.17, 15) is 4.79 Å². The average Bonchev–Trinajstić information content (AvgIpc) is 2.32. The Morgan fingerprint density at radius 3 is 2.61 bits per heavy atom. The molecule has 0 fully saturated rings. The summed E-state index contributed by atoms with van der Waals surface area (Å²) in [5.41, 5.74) is 8.49. The molecule has 2 rings (SSSR count). The molecule has 2 aromatic rings. The van der Waals surface area contributed by atoms with E-state index in [1.807, 2.05) is 13.8 Å². The van der Waals surface area contributed by atoms with Crippen molar-refractivity contribution in [1.82, 2.24) is 9.97 Å². The third-order valence-electron chi connectivity index (χ3n) is 2.52. The summed E-state index contributed by atoms with van der Waals surface area (Å²) in [7, 11) is 0. The summed E-state index contributed by atoms with van der Waals surface area (Å²) in [5.74, 6) is 0.215. The van der Waals surface area contributed by atoms with Gasteiger partial charge in [-0.3, -0.25) is 9.78 Å². The fourth-order valence-electron chi connectivity index (χ4n) is 1.58. The van der Waals surface area contributed by atoms with E-state index in [0.29, 0.717) is 17.1 Å². The Bertz CT molecular complexity index is 578. The Labute approximate surface area is 105 Å². The van der Waals surface area contributed by atoms with Crippen LogP contribution in [0.5, 0.6) is 0 Å². The van der Waals surface area contributed by atoms with Crippen molar-refractivity contribution in [2.45, 2.75) is 13.8 Å². The third-order valence-corrected chi connectivity index (χ3v) is 2.52. The van der Waals surface area contributed by atoms with Crippen molar-refractivity contribution in [3.8, 4) is 0 Å². The average molecular weight is 242 g/mol. The van der Waals surface area contributed by atoms with Gasteiger partial charge < -0.3 is 11.1 Å². The molecular weight excluding hydrogens is 228 g/mol. The topological polar surface area (TPSA) is 80.9 Å². The summed E-state index contributed by atoms with van der Waals surface area (Å²) >= 11 is 0. The highest BCUT2D eigenvalue weighted by Crippen LogP contribution is 2.14. The van der Waals surface area contributed by atoms with Gasteiger partial charge in [0.15, 0.2) is 5.82 Å². The van der Waals surface area contributed by atoms with Crippen LogP contribution < -0.4 is 11.1 Å². The van der Waals surface area contributed by atoms with Crippen LogP contribution in [-0.2, 0) is 0 Å². The van der Waals surface area contributed by atoms with Gasteiger partial charge in [0.1, 0.15) is 0 Å². The van der Waals surface area contributed by atoms with Crippen LogP contribution in [0.4, 0.5) is 11.5 Å². The molecule has 1 heterocycles. The van der Waals surface area contributed by atoms with E-state index in [0.717, 1.165) is 11.3 Å². The van der Waals surface area contributed by atoms with Crippen LogP contribution >= 0.6 is 0 Å². The Morgan fingerprint density at radius 1 is 1.22 bits per heavy atom. The lowest BCUT2D eigenvalue weighted by Gasteiger charge is -2.07. The Balaban J connectivity index is 2.19. The second kappa shape index (κ2) is 4.83. The lowest BCUT2D eigenvalue weighted by Crippen LogP contribution is -2.14. The van der Waals surface area contributed by atoms with E-state index in [1.165, 1.54) is 6.20 Å². The van der Waals surface area contributed by atoms with Gasteiger partial charge >= 0.3 is 0 Å². The number of nitrogens with zero attached hydrogens (tertiary/aromatic N) is 2. The molecule has 0 aliphatic carbocycles. The lowest BCUT2D eigenvalue weighted by molar-refractivity contribution is 0.102. The lowest BCUT2D eigenvalue weighted by atomic mass is 10.1. The van der Waals surface area contributed by atoms with Crippen LogP contribution in [0.25, 0.3) is 0 Å². The van der Waals surface area contributed by atoms with E-state index in [4.69, 9.17) is 5.73 Å². The summed E-state index contributed by atoms with van der Waals surface area (Å²) in [6.07, 6.45) is 3.13. The first-order valence-electron chi connectivity index (χ1n) is 5.52. The van der Waals surface area contributed by atoms with Crippen LogP contribution in [0.1, 0.15) is 21.6 Å². The molecule has 0 saturated carbocycles. The number of carbonyl (C=O) groups excluding carboxylic acids is 1. The van der Waals surface area contributed by atoms with E-state index < -0.39 is 0 Å². The van der Waals surface area contributed by atoms with E-state index in [-0.39, 0.29) is 5.91 Å². The fraction of sp³-hybridized carbons (Fsp3) is 0.154. The van der Waals surface area contributed by atoms with Gasteiger partial charge in [0.2, 0.25) is 0 Å². The number of nitrogens with one attached hydrogen (secondary N) is 1. The molecule has 0 aliphatic heterocycles. The molecule has 0 aliphatic rings. The van der Waals surface area contributed by atoms with E-state index >= 15 is 0 Å². The molecule has 18 heavy (non-hydrogen) atoms. The van der Waals surface area contributed by atoms with Gasteiger partial charge in [-0.15, -0.1) is 0 Å². The second-order valence-electron chi connectivity index (χ2n) is 4.07. The van der Waals surface area contributed by atoms with Gasteiger partial charge in [0.25, 0.3) is 5.91 Å². The number of nitrogens with two attached hydrogens (primary N) is 1. The fourth-order valence-corrected chi connectivity index (χ4v) is 1.58. The number of rotatable bonds is 2. The molecule has 3 N–H and O–H groups in total. The maximum Gasteiger partial charge on any atom is 0.257 e. The summed E-state index contributed by atoms with van der Waals surface area (Å²) < 4.78 is 0. The van der Waals surface area contributed by atoms with Gasteiger partial charge in [-0.05, 0) is 37.6 Å². The number of benzene rings is 1. The van der Waals surface area contributed by atoms with Crippen molar-refractivity contribution in [2.24, 2.45) is 0 Å². The number of carbonyl (C=O) groups is 1. The van der Waals surface area contributed by atoms with Gasteiger partial charge in [-0.1, -0.05) is 0 Å². The van der Waals surface area contributed by atoms with Crippen LogP contribution in [0.3, 0.4) is 0 Å². The number of anilines is 2. The minimum Gasteiger partial charge on any atom is -0.399 e. The summed E-state index contributed by atoms with van der Waals surface area (Å²) in [4.78, 5) is 20.1. The Morgan fingerprint density at radius 2 is 2.00 bits per heavy atom. The maximum absolute atomic E-state index is 12.0. The third kappa shape index (κ3) is 2.63. The second-order valence-corrected chi connectivity index (χ2v) is 4.07. The molecule has 0 spiro atoms. The molecule has 0 atom stereocenters. The first-order chi connectivity index (χ1) is 8.56. The monoisotopic (exact) mass is 242 g/mol. The van der Waals surface area contributed by atoms with Crippen molar-refractivity contribution < 1.29 is 4.79 Å². The largest absolute Gasteiger partial charge is 0.399 e. The van der Waals surface area contributed by atoms with E-state index in [2.05, 4.69) is 15.3 Å². The number of nitrogen functional groups attached to an aromatic ring is 1. The van der Waals surface area contributed by atoms with Gasteiger partial charge in [-0.25, -0.2) is 4.98 Å². The molecular formula is C13H14N4O. The smallest absolute Gasteiger partial charge is 0.257 e. The van der Waals surface area contributed by atoms with Crippen molar-refractivity contribution in [3.05, 3.63) is 47.4 Å². The highest BCUT2D eigenvalue weighted by atomic mass is 16.1. The standard InChI is InChI=1S/C13H14N4O/c1-8-5-10(14)3-4-11(8)13(18)17-12-7-15-9(2)6-16-12/h3-7H,14H2,1-2H3,(H,16,17,18). The number of hydrogen-bond acceptors (Lipinski definition) is 4. The zero-order valence-electron chi connectivity index (χ0n) is 10.3. The number of amides is 1. The van der Waals surface area contributed by atoms with Crippen LogP contribution in [0, 0.1) is 13.8 Å². The molecule has 0 saturated heterocycles. The van der Waals surface area contributed by atoms with Gasteiger partial charge in [0, 0.05) is 11.3 Å². The maximum atomic E-state index is 12.0. The number of hydrogen-bond donors (Lipinski definition) is 2. The Kier molecular flexibility index (Phi) is 3.23. The molecule has 1 aromatic carbocycles. The summed E-state index contributed by atoms with van der Waals surface area (Å²) in [5, 5.41) is 2.69. The highest BCUT2D eigenvalue weighted by molar-refractivity contribution is 6.04. The minimum absolute atomic E-state index is 0.217. The van der Waals surface area contributed by atoms with Crippen molar-refractivity contribution in [1.29, 1.82) is 0 Å². The zero-order chi connectivity index (χ0) is 13.1. The van der Waals surface area contributed by atoms with Crippen molar-refractivity contribution >= 4 is 17.4 Å². The predicted octanol–water partition coefficient (Wildman–Crippen LogP) is 1.93. The molecule has 0 unspecified atom stereocenters. The first-order valence-corrected chi connectivity index (χ1v) is 5.52.